The number of nitrogens with one attached hydrogen (secondary N) is 2. The molecule has 1 aliphatic heterocycles. The van der Waals surface area contributed by atoms with E-state index in [1.807, 2.05) is 30.3 Å². The SMILES string of the molecule is CN=C(NCC(O)c1cc2ccccc2s1)NC[C@H]1CCCN1S(C)(=O)=O.I. The summed E-state index contributed by atoms with van der Waals surface area (Å²) in [6, 6.07) is 9.99. The van der Waals surface area contributed by atoms with Gasteiger partial charge in [-0.15, -0.1) is 35.3 Å². The summed E-state index contributed by atoms with van der Waals surface area (Å²) in [5.74, 6) is 0.551. The summed E-state index contributed by atoms with van der Waals surface area (Å²) in [5, 5.41) is 17.9. The summed E-state index contributed by atoms with van der Waals surface area (Å²) < 4.78 is 26.3. The molecule has 1 aliphatic rings. The van der Waals surface area contributed by atoms with E-state index < -0.39 is 16.1 Å². The molecule has 2 heterocycles. The van der Waals surface area contributed by atoms with Gasteiger partial charge in [0.1, 0.15) is 6.10 Å². The highest BCUT2D eigenvalue weighted by molar-refractivity contribution is 14.0. The summed E-state index contributed by atoms with van der Waals surface area (Å²) in [6.07, 6.45) is 2.32. The zero-order valence-electron chi connectivity index (χ0n) is 16.0. The summed E-state index contributed by atoms with van der Waals surface area (Å²) in [7, 11) is -1.53. The van der Waals surface area contributed by atoms with E-state index in [1.54, 1.807) is 22.7 Å². The number of fused-ring (bicyclic) bond motifs is 1. The second-order valence-electron chi connectivity index (χ2n) is 6.71. The molecule has 156 valence electrons. The Hall–Kier alpha value is -0.950. The third-order valence-corrected chi connectivity index (χ3v) is 7.26. The van der Waals surface area contributed by atoms with E-state index in [-0.39, 0.29) is 30.0 Å². The standard InChI is InChI=1S/C18H26N4O3S2.HI/c1-19-18(20-11-14-7-5-9-22(14)27(2,24)25)21-12-15(23)17-10-13-6-3-4-8-16(13)26-17;/h3-4,6,8,10,14-15,23H,5,7,9,11-12H2,1-2H3,(H2,19,20,21);1H/t14-,15?;/m1./s1. The molecule has 0 aliphatic carbocycles. The van der Waals surface area contributed by atoms with Crippen molar-refractivity contribution in [1.29, 1.82) is 0 Å². The maximum absolute atomic E-state index is 11.8. The van der Waals surface area contributed by atoms with Crippen LogP contribution in [0.5, 0.6) is 0 Å². The van der Waals surface area contributed by atoms with Crippen molar-refractivity contribution < 1.29 is 13.5 Å². The molecule has 1 fully saturated rings. The molecule has 2 atom stereocenters. The fourth-order valence-electron chi connectivity index (χ4n) is 3.35. The number of aliphatic hydroxyl groups excluding tert-OH is 1. The Morgan fingerprint density at radius 3 is 2.82 bits per heavy atom. The van der Waals surface area contributed by atoms with Gasteiger partial charge in [-0.25, -0.2) is 8.42 Å². The molecule has 28 heavy (non-hydrogen) atoms. The highest BCUT2D eigenvalue weighted by atomic mass is 127. The third kappa shape index (κ3) is 5.78. The molecule has 0 spiro atoms. The molecule has 0 radical (unpaired) electrons. The largest absolute Gasteiger partial charge is 0.386 e. The van der Waals surface area contributed by atoms with Crippen molar-refractivity contribution in [2.24, 2.45) is 4.99 Å². The van der Waals surface area contributed by atoms with Crippen molar-refractivity contribution in [2.45, 2.75) is 25.0 Å². The van der Waals surface area contributed by atoms with Crippen molar-refractivity contribution in [3.8, 4) is 0 Å². The fraction of sp³-hybridized carbons (Fsp3) is 0.500. The van der Waals surface area contributed by atoms with Crippen LogP contribution in [0.3, 0.4) is 0 Å². The fourth-order valence-corrected chi connectivity index (χ4v) is 5.58. The van der Waals surface area contributed by atoms with Crippen molar-refractivity contribution >= 4 is 61.4 Å². The minimum atomic E-state index is -3.19. The number of rotatable bonds is 6. The van der Waals surface area contributed by atoms with E-state index >= 15 is 0 Å². The van der Waals surface area contributed by atoms with E-state index in [0.717, 1.165) is 27.8 Å². The quantitative estimate of drug-likeness (QED) is 0.298. The van der Waals surface area contributed by atoms with Gasteiger partial charge in [0.25, 0.3) is 0 Å². The van der Waals surface area contributed by atoms with Crippen LogP contribution in [0.4, 0.5) is 0 Å². The van der Waals surface area contributed by atoms with E-state index in [9.17, 15) is 13.5 Å². The number of thiophene rings is 1. The zero-order valence-corrected chi connectivity index (χ0v) is 19.9. The Kier molecular flexibility index (Phi) is 8.49. The molecule has 2 aromatic rings. The van der Waals surface area contributed by atoms with Crippen LogP contribution in [0, 0.1) is 0 Å². The topological polar surface area (TPSA) is 94.0 Å². The van der Waals surface area contributed by atoms with Crippen LogP contribution in [0.1, 0.15) is 23.8 Å². The number of nitrogens with zero attached hydrogens (tertiary/aromatic N) is 2. The lowest BCUT2D eigenvalue weighted by molar-refractivity contribution is 0.184. The van der Waals surface area contributed by atoms with Crippen LogP contribution in [0.15, 0.2) is 35.3 Å². The van der Waals surface area contributed by atoms with Gasteiger partial charge < -0.3 is 15.7 Å². The van der Waals surface area contributed by atoms with E-state index in [1.165, 1.54) is 6.26 Å². The van der Waals surface area contributed by atoms with Gasteiger partial charge >= 0.3 is 0 Å². The Bertz CT molecular complexity index is 883. The molecule has 1 saturated heterocycles. The first kappa shape index (κ1) is 23.3. The molecule has 0 amide bonds. The van der Waals surface area contributed by atoms with Gasteiger partial charge in [0, 0.05) is 42.3 Å². The van der Waals surface area contributed by atoms with Crippen LogP contribution in [-0.4, -0.2) is 62.8 Å². The number of sulfonamides is 1. The highest BCUT2D eigenvalue weighted by Crippen LogP contribution is 2.29. The van der Waals surface area contributed by atoms with Crippen LogP contribution in [-0.2, 0) is 10.0 Å². The van der Waals surface area contributed by atoms with Crippen molar-refractivity contribution in [1.82, 2.24) is 14.9 Å². The molecule has 3 N–H and O–H groups in total. The van der Waals surface area contributed by atoms with Crippen LogP contribution in [0.2, 0.25) is 0 Å². The van der Waals surface area contributed by atoms with Crippen molar-refractivity contribution in [3.05, 3.63) is 35.2 Å². The van der Waals surface area contributed by atoms with Crippen LogP contribution >= 0.6 is 35.3 Å². The molecule has 1 aromatic carbocycles. The number of hydrogen-bond donors (Lipinski definition) is 3. The number of halogens is 1. The van der Waals surface area contributed by atoms with Crippen LogP contribution < -0.4 is 10.6 Å². The summed E-state index contributed by atoms with van der Waals surface area (Å²) in [4.78, 5) is 5.06. The Morgan fingerprint density at radius 2 is 2.14 bits per heavy atom. The second kappa shape index (κ2) is 10.2. The average Bonchev–Trinajstić information content (AvgIpc) is 3.28. The molecule has 10 heteroatoms. The smallest absolute Gasteiger partial charge is 0.211 e. The first-order chi connectivity index (χ1) is 12.9. The zero-order chi connectivity index (χ0) is 19.4. The Labute approximate surface area is 187 Å². The molecule has 3 rings (SSSR count). The van der Waals surface area contributed by atoms with E-state index in [4.69, 9.17) is 0 Å². The molecule has 1 unspecified atom stereocenters. The Balaban J connectivity index is 0.00000280. The summed E-state index contributed by atoms with van der Waals surface area (Å²) in [5.41, 5.74) is 0. The molecular weight excluding hydrogens is 511 g/mol. The molecular formula is C18H27IN4O3S2. The monoisotopic (exact) mass is 538 g/mol. The maximum atomic E-state index is 11.8. The third-order valence-electron chi connectivity index (χ3n) is 4.71. The molecule has 1 aromatic heterocycles. The minimum absolute atomic E-state index is 0. The van der Waals surface area contributed by atoms with Crippen molar-refractivity contribution in [2.75, 3.05) is 32.9 Å². The highest BCUT2D eigenvalue weighted by Gasteiger charge is 2.31. The minimum Gasteiger partial charge on any atom is -0.386 e. The van der Waals surface area contributed by atoms with Gasteiger partial charge in [0.15, 0.2) is 5.96 Å². The second-order valence-corrected chi connectivity index (χ2v) is 9.76. The first-order valence-electron chi connectivity index (χ1n) is 8.96. The van der Waals surface area contributed by atoms with E-state index in [0.29, 0.717) is 25.6 Å². The summed E-state index contributed by atoms with van der Waals surface area (Å²) >= 11 is 1.58. The predicted octanol–water partition coefficient (Wildman–Crippen LogP) is 2.14. The predicted molar refractivity (Wildman–Crippen MR) is 126 cm³/mol. The lowest BCUT2D eigenvalue weighted by Crippen LogP contribution is -2.46. The first-order valence-corrected chi connectivity index (χ1v) is 11.6. The van der Waals surface area contributed by atoms with Gasteiger partial charge in [-0.05, 0) is 30.4 Å². The number of guanidine groups is 1. The van der Waals surface area contributed by atoms with Gasteiger partial charge in [-0.2, -0.15) is 4.31 Å². The average molecular weight is 538 g/mol. The van der Waals surface area contributed by atoms with E-state index in [2.05, 4.69) is 15.6 Å². The lowest BCUT2D eigenvalue weighted by atomic mass is 10.2. The maximum Gasteiger partial charge on any atom is 0.211 e. The number of aliphatic imine (C=N–C) groups is 1. The molecule has 7 nitrogen and oxygen atoms in total. The van der Waals surface area contributed by atoms with Crippen LogP contribution in [0.25, 0.3) is 10.1 Å². The number of benzene rings is 1. The number of hydrogen-bond acceptors (Lipinski definition) is 5. The molecule has 0 bridgehead atoms. The van der Waals surface area contributed by atoms with Gasteiger partial charge in [0.05, 0.1) is 6.26 Å². The van der Waals surface area contributed by atoms with Gasteiger partial charge in [-0.3, -0.25) is 4.99 Å². The van der Waals surface area contributed by atoms with Gasteiger partial charge in [0.2, 0.25) is 10.0 Å². The number of aliphatic hydroxyl groups is 1. The Morgan fingerprint density at radius 1 is 1.39 bits per heavy atom. The van der Waals surface area contributed by atoms with Gasteiger partial charge in [-0.1, -0.05) is 18.2 Å². The van der Waals surface area contributed by atoms with Crippen molar-refractivity contribution in [3.63, 3.8) is 0 Å². The normalized spacial score (nSPS) is 19.4. The molecule has 0 saturated carbocycles. The lowest BCUT2D eigenvalue weighted by Gasteiger charge is -2.23. The summed E-state index contributed by atoms with van der Waals surface area (Å²) in [6.45, 7) is 1.39.